The molecule has 4 heteroatoms. The maximum Gasteiger partial charge on any atom is 0.310 e. The number of nitrogens with zero attached hydrogens (tertiary/aromatic N) is 1. The van der Waals surface area contributed by atoms with Crippen LogP contribution in [0.3, 0.4) is 0 Å². The minimum absolute atomic E-state index is 0.188. The van der Waals surface area contributed by atoms with Crippen molar-refractivity contribution in [3.05, 3.63) is 29.8 Å². The van der Waals surface area contributed by atoms with Gasteiger partial charge in [0.2, 0.25) is 0 Å². The summed E-state index contributed by atoms with van der Waals surface area (Å²) in [7, 11) is 2.03. The molecule has 0 amide bonds. The summed E-state index contributed by atoms with van der Waals surface area (Å²) in [5.41, 5.74) is 1.17. The van der Waals surface area contributed by atoms with E-state index in [9.17, 15) is 9.90 Å². The molecule has 104 valence electrons. The van der Waals surface area contributed by atoms with Crippen molar-refractivity contribution in [2.75, 3.05) is 26.7 Å². The highest BCUT2D eigenvalue weighted by molar-refractivity contribution is 5.70. The van der Waals surface area contributed by atoms with Gasteiger partial charge in [0.25, 0.3) is 0 Å². The summed E-state index contributed by atoms with van der Waals surface area (Å²) in [5, 5.41) is 9.34. The lowest BCUT2D eigenvalue weighted by Gasteiger charge is -2.20. The number of aryl methyl sites for hydroxylation is 1. The van der Waals surface area contributed by atoms with Crippen LogP contribution in [0.5, 0.6) is 5.75 Å². The number of hydrogen-bond acceptors (Lipinski definition) is 3. The number of aliphatic carboxylic acids is 1. The number of hydrogen-bond donors (Lipinski definition) is 1. The van der Waals surface area contributed by atoms with Gasteiger partial charge >= 0.3 is 5.97 Å². The molecule has 0 aliphatic carbocycles. The number of benzene rings is 1. The van der Waals surface area contributed by atoms with Gasteiger partial charge in [-0.2, -0.15) is 0 Å². The van der Waals surface area contributed by atoms with E-state index >= 15 is 0 Å². The summed E-state index contributed by atoms with van der Waals surface area (Å²) in [6, 6.07) is 7.70. The van der Waals surface area contributed by atoms with E-state index in [1.54, 1.807) is 0 Å². The summed E-state index contributed by atoms with van der Waals surface area (Å²) < 4.78 is 5.63. The Morgan fingerprint density at radius 3 is 2.68 bits per heavy atom. The molecule has 1 heterocycles. The SMILES string of the molecule is Cc1ccc(OCC(C(=O)O)C2CCN(C)C2)cc1. The third-order valence-corrected chi connectivity index (χ3v) is 3.76. The van der Waals surface area contributed by atoms with E-state index in [4.69, 9.17) is 4.74 Å². The molecule has 1 aromatic rings. The van der Waals surface area contributed by atoms with Crippen LogP contribution in [0.15, 0.2) is 24.3 Å². The summed E-state index contributed by atoms with van der Waals surface area (Å²) in [5.74, 6) is -0.255. The van der Waals surface area contributed by atoms with Crippen LogP contribution in [-0.4, -0.2) is 42.7 Å². The molecular formula is C15H21NO3. The van der Waals surface area contributed by atoms with Gasteiger partial charge in [-0.25, -0.2) is 0 Å². The van der Waals surface area contributed by atoms with Gasteiger partial charge in [0.05, 0.1) is 5.92 Å². The summed E-state index contributed by atoms with van der Waals surface area (Å²) >= 11 is 0. The van der Waals surface area contributed by atoms with Gasteiger partial charge in [0, 0.05) is 6.54 Å². The first-order chi connectivity index (χ1) is 9.06. The van der Waals surface area contributed by atoms with Gasteiger partial charge in [-0.05, 0) is 45.0 Å². The highest BCUT2D eigenvalue weighted by Crippen LogP contribution is 2.24. The van der Waals surface area contributed by atoms with Gasteiger partial charge in [-0.3, -0.25) is 4.79 Å². The van der Waals surface area contributed by atoms with Crippen molar-refractivity contribution in [3.8, 4) is 5.75 Å². The summed E-state index contributed by atoms with van der Waals surface area (Å²) in [4.78, 5) is 13.5. The molecule has 1 aliphatic rings. The Hall–Kier alpha value is -1.55. The van der Waals surface area contributed by atoms with E-state index in [0.717, 1.165) is 25.3 Å². The van der Waals surface area contributed by atoms with Gasteiger partial charge in [-0.1, -0.05) is 17.7 Å². The Bertz CT molecular complexity index is 430. The second-order valence-electron chi connectivity index (χ2n) is 5.38. The first-order valence-corrected chi connectivity index (χ1v) is 6.67. The highest BCUT2D eigenvalue weighted by Gasteiger charge is 2.33. The molecule has 0 saturated carbocycles. The molecule has 1 aromatic carbocycles. The van der Waals surface area contributed by atoms with Gasteiger partial charge in [0.1, 0.15) is 12.4 Å². The van der Waals surface area contributed by atoms with Crippen molar-refractivity contribution in [2.45, 2.75) is 13.3 Å². The molecule has 1 N–H and O–H groups in total. The number of rotatable bonds is 5. The number of carboxylic acid groups (broad SMARTS) is 1. The molecule has 1 saturated heterocycles. The van der Waals surface area contributed by atoms with E-state index in [0.29, 0.717) is 0 Å². The van der Waals surface area contributed by atoms with Crippen LogP contribution in [-0.2, 0) is 4.79 Å². The minimum atomic E-state index is -0.757. The number of ether oxygens (including phenoxy) is 1. The normalized spacial score (nSPS) is 21.3. The molecule has 19 heavy (non-hydrogen) atoms. The first kappa shape index (κ1) is 13.9. The zero-order chi connectivity index (χ0) is 13.8. The van der Waals surface area contributed by atoms with Gasteiger partial charge < -0.3 is 14.7 Å². The molecule has 0 radical (unpaired) electrons. The van der Waals surface area contributed by atoms with Gasteiger partial charge in [-0.15, -0.1) is 0 Å². The van der Waals surface area contributed by atoms with E-state index in [-0.39, 0.29) is 12.5 Å². The van der Waals surface area contributed by atoms with Crippen LogP contribution < -0.4 is 4.74 Å². The first-order valence-electron chi connectivity index (χ1n) is 6.67. The fourth-order valence-electron chi connectivity index (χ4n) is 2.53. The summed E-state index contributed by atoms with van der Waals surface area (Å²) in [6.07, 6.45) is 0.935. The lowest BCUT2D eigenvalue weighted by molar-refractivity contribution is -0.144. The quantitative estimate of drug-likeness (QED) is 0.883. The van der Waals surface area contributed by atoms with Crippen LogP contribution in [0.1, 0.15) is 12.0 Å². The third kappa shape index (κ3) is 3.70. The molecule has 4 nitrogen and oxygen atoms in total. The van der Waals surface area contributed by atoms with Crippen LogP contribution in [0.4, 0.5) is 0 Å². The number of likely N-dealkylation sites (tertiary alicyclic amines) is 1. The number of carbonyl (C=O) groups is 1. The second kappa shape index (κ2) is 6.06. The molecule has 2 atom stereocenters. The predicted octanol–water partition coefficient (Wildman–Crippen LogP) is 2.03. The zero-order valence-electron chi connectivity index (χ0n) is 11.5. The maximum absolute atomic E-state index is 11.4. The Morgan fingerprint density at radius 1 is 1.47 bits per heavy atom. The van der Waals surface area contributed by atoms with Crippen LogP contribution in [0.25, 0.3) is 0 Å². The molecule has 0 spiro atoms. The van der Waals surface area contributed by atoms with Gasteiger partial charge in [0.15, 0.2) is 0 Å². The van der Waals surface area contributed by atoms with Crippen molar-refractivity contribution in [1.29, 1.82) is 0 Å². The molecule has 0 aromatic heterocycles. The van der Waals surface area contributed by atoms with E-state index in [2.05, 4.69) is 4.90 Å². The molecule has 1 fully saturated rings. The lowest BCUT2D eigenvalue weighted by Crippen LogP contribution is -2.31. The molecule has 0 bridgehead atoms. The molecule has 2 unspecified atom stereocenters. The van der Waals surface area contributed by atoms with Crippen molar-refractivity contribution in [1.82, 2.24) is 4.90 Å². The van der Waals surface area contributed by atoms with Crippen LogP contribution in [0, 0.1) is 18.8 Å². The monoisotopic (exact) mass is 263 g/mol. The third-order valence-electron chi connectivity index (χ3n) is 3.76. The average molecular weight is 263 g/mol. The smallest absolute Gasteiger partial charge is 0.310 e. The van der Waals surface area contributed by atoms with Crippen molar-refractivity contribution < 1.29 is 14.6 Å². The largest absolute Gasteiger partial charge is 0.493 e. The Morgan fingerprint density at radius 2 is 2.16 bits per heavy atom. The molecular weight excluding hydrogens is 242 g/mol. The van der Waals surface area contributed by atoms with Crippen molar-refractivity contribution >= 4 is 5.97 Å². The minimum Gasteiger partial charge on any atom is -0.493 e. The van der Waals surface area contributed by atoms with Crippen molar-refractivity contribution in [3.63, 3.8) is 0 Å². The summed E-state index contributed by atoms with van der Waals surface area (Å²) in [6.45, 7) is 4.07. The van der Waals surface area contributed by atoms with E-state index in [1.807, 2.05) is 38.2 Å². The Balaban J connectivity index is 1.94. The molecule has 1 aliphatic heterocycles. The number of carboxylic acids is 1. The van der Waals surface area contributed by atoms with E-state index in [1.165, 1.54) is 5.56 Å². The fraction of sp³-hybridized carbons (Fsp3) is 0.533. The Kier molecular flexibility index (Phi) is 4.43. The van der Waals surface area contributed by atoms with E-state index < -0.39 is 11.9 Å². The standard InChI is InChI=1S/C15H21NO3/c1-11-3-5-13(6-4-11)19-10-14(15(17)18)12-7-8-16(2)9-12/h3-6,12,14H,7-10H2,1-2H3,(H,17,18). The van der Waals surface area contributed by atoms with Crippen LogP contribution in [0.2, 0.25) is 0 Å². The zero-order valence-corrected chi connectivity index (χ0v) is 11.5. The van der Waals surface area contributed by atoms with Crippen LogP contribution >= 0.6 is 0 Å². The topological polar surface area (TPSA) is 49.8 Å². The predicted molar refractivity (Wildman–Crippen MR) is 73.4 cm³/mol. The maximum atomic E-state index is 11.4. The molecule has 2 rings (SSSR count). The lowest BCUT2D eigenvalue weighted by atomic mass is 9.92. The Labute approximate surface area is 114 Å². The van der Waals surface area contributed by atoms with Crippen molar-refractivity contribution in [2.24, 2.45) is 11.8 Å². The highest BCUT2D eigenvalue weighted by atomic mass is 16.5. The fourth-order valence-corrected chi connectivity index (χ4v) is 2.53. The average Bonchev–Trinajstić information content (AvgIpc) is 2.78. The second-order valence-corrected chi connectivity index (χ2v) is 5.38.